The van der Waals surface area contributed by atoms with Gasteiger partial charge in [0.15, 0.2) is 0 Å². The average molecular weight is 138 g/mol. The monoisotopic (exact) mass is 137 g/mol. The Morgan fingerprint density at radius 2 is 1.57 bits per heavy atom. The van der Waals surface area contributed by atoms with Gasteiger partial charge in [0.2, 0.25) is 0 Å². The first-order chi connectivity index (χ1) is 2.89. The zero-order valence-electron chi connectivity index (χ0n) is 3.54. The summed E-state index contributed by atoms with van der Waals surface area (Å²) >= 11 is 5.37. The molecule has 0 N–H and O–H groups in total. The van der Waals surface area contributed by atoms with Gasteiger partial charge >= 0.3 is 0 Å². The van der Waals surface area contributed by atoms with Crippen molar-refractivity contribution in [2.24, 2.45) is 0 Å². The summed E-state index contributed by atoms with van der Waals surface area (Å²) in [5, 5.41) is 0. The maximum atomic E-state index is 5.37. The first-order valence-corrected chi connectivity index (χ1v) is 2.02. The van der Waals surface area contributed by atoms with Crippen molar-refractivity contribution in [3.05, 3.63) is 24.5 Å². The van der Waals surface area contributed by atoms with Gasteiger partial charge in [0, 0.05) is 24.2 Å². The van der Waals surface area contributed by atoms with E-state index >= 15 is 0 Å². The second-order valence-electron chi connectivity index (χ2n) is 1.03. The fraction of sp³-hybridized carbons (Fsp3) is 0. The number of nitrogens with zero attached hydrogens (tertiary/aromatic N) is 1. The molecule has 40 valence electrons. The molecule has 1 rings (SSSR count). The lowest BCUT2D eigenvalue weighted by molar-refractivity contribution is 1.27. The Bertz CT molecular complexity index is 113. The first kappa shape index (κ1) is 6.86. The summed E-state index contributed by atoms with van der Waals surface area (Å²) in [6, 6.07) is 3.74. The quantitative estimate of drug-likeness (QED) is 0.516. The van der Waals surface area contributed by atoms with E-state index in [1.165, 1.54) is 4.09 Å². The minimum atomic E-state index is 0. The molecule has 0 atom stereocenters. The van der Waals surface area contributed by atoms with Crippen LogP contribution in [0, 0.1) is 0 Å². The molecule has 0 aromatic carbocycles. The molecule has 7 heavy (non-hydrogen) atoms. The van der Waals surface area contributed by atoms with E-state index in [2.05, 4.69) is 0 Å². The van der Waals surface area contributed by atoms with E-state index in [1.807, 2.05) is 12.1 Å². The Balaban J connectivity index is 0.000000360. The molecule has 0 fully saturated rings. The van der Waals surface area contributed by atoms with E-state index in [4.69, 9.17) is 11.8 Å². The van der Waals surface area contributed by atoms with Crippen molar-refractivity contribution < 1.29 is 0 Å². The number of hydrogen-bond donors (Lipinski definition) is 0. The third-order valence-electron chi connectivity index (χ3n) is 0.568. The van der Waals surface area contributed by atoms with Crippen molar-refractivity contribution in [2.45, 2.75) is 0 Å². The van der Waals surface area contributed by atoms with Gasteiger partial charge in [-0.15, -0.1) is 12.4 Å². The number of rotatable bonds is 0. The maximum absolute atomic E-state index is 5.37. The molecule has 0 unspecified atom stereocenters. The van der Waals surface area contributed by atoms with E-state index in [0.717, 1.165) is 0 Å². The summed E-state index contributed by atoms with van der Waals surface area (Å²) in [6.07, 6.45) is 3.53. The van der Waals surface area contributed by atoms with Crippen molar-refractivity contribution in [1.29, 1.82) is 0 Å². The molecule has 0 radical (unpaired) electrons. The van der Waals surface area contributed by atoms with Crippen LogP contribution in [-0.2, 0) is 0 Å². The predicted molar refractivity (Wildman–Crippen MR) is 32.9 cm³/mol. The highest BCUT2D eigenvalue weighted by Crippen LogP contribution is 1.88. The van der Waals surface area contributed by atoms with Crippen LogP contribution >= 0.6 is 24.2 Å². The highest BCUT2D eigenvalue weighted by molar-refractivity contribution is 6.15. The molecule has 0 saturated carbocycles. The summed E-state index contributed by atoms with van der Waals surface area (Å²) in [5.74, 6) is 0. The standard InChI is InChI=1S/C4H4ClN.ClH/c5-6-3-1-2-4-6;/h1-4H;1H. The Morgan fingerprint density at radius 3 is 1.71 bits per heavy atom. The molecule has 0 spiro atoms. The zero-order chi connectivity index (χ0) is 4.41. The lowest BCUT2D eigenvalue weighted by atomic mass is 10.7. The van der Waals surface area contributed by atoms with Crippen LogP contribution in [0.3, 0.4) is 0 Å². The average Bonchev–Trinajstić information content (AvgIpc) is 1.86. The van der Waals surface area contributed by atoms with Gasteiger partial charge in [-0.1, -0.05) is 0 Å². The SMILES string of the molecule is Cl.Cln1cccc1. The number of aromatic nitrogens is 1. The summed E-state index contributed by atoms with van der Waals surface area (Å²) in [6.45, 7) is 0. The topological polar surface area (TPSA) is 4.93 Å². The van der Waals surface area contributed by atoms with Crippen LogP contribution in [0.1, 0.15) is 0 Å². The minimum absolute atomic E-state index is 0. The summed E-state index contributed by atoms with van der Waals surface area (Å²) in [5.41, 5.74) is 0. The normalized spacial score (nSPS) is 7.57. The first-order valence-electron chi connectivity index (χ1n) is 1.69. The van der Waals surface area contributed by atoms with Crippen LogP contribution in [0.15, 0.2) is 24.5 Å². The molecular weight excluding hydrogens is 133 g/mol. The molecule has 0 aliphatic carbocycles. The Kier molecular flexibility index (Phi) is 2.88. The number of halogens is 2. The molecule has 1 heterocycles. The van der Waals surface area contributed by atoms with Crippen molar-refractivity contribution >= 4 is 24.2 Å². The molecule has 0 saturated heterocycles. The van der Waals surface area contributed by atoms with Crippen LogP contribution < -0.4 is 0 Å². The Hall–Kier alpha value is -0.140. The molecule has 0 amide bonds. The third-order valence-corrected chi connectivity index (χ3v) is 0.793. The highest BCUT2D eigenvalue weighted by atomic mass is 35.5. The zero-order valence-corrected chi connectivity index (χ0v) is 5.12. The lowest BCUT2D eigenvalue weighted by Gasteiger charge is -1.73. The predicted octanol–water partition coefficient (Wildman–Crippen LogP) is 1.91. The largest absolute Gasteiger partial charge is 0.268 e. The smallest absolute Gasteiger partial charge is 0.0213 e. The second kappa shape index (κ2) is 2.94. The van der Waals surface area contributed by atoms with E-state index in [9.17, 15) is 0 Å². The number of hydrogen-bond acceptors (Lipinski definition) is 0. The van der Waals surface area contributed by atoms with E-state index in [1.54, 1.807) is 12.4 Å². The van der Waals surface area contributed by atoms with Crippen molar-refractivity contribution in [1.82, 2.24) is 4.09 Å². The highest BCUT2D eigenvalue weighted by Gasteiger charge is 1.71. The van der Waals surface area contributed by atoms with Gasteiger partial charge in [0.25, 0.3) is 0 Å². The lowest BCUT2D eigenvalue weighted by Crippen LogP contribution is -1.63. The van der Waals surface area contributed by atoms with E-state index < -0.39 is 0 Å². The molecule has 1 aromatic rings. The fourth-order valence-electron chi connectivity index (χ4n) is 0.314. The van der Waals surface area contributed by atoms with E-state index in [-0.39, 0.29) is 12.4 Å². The molecule has 0 aliphatic rings. The molecular formula is C4H5Cl2N. The fourth-order valence-corrected chi connectivity index (χ4v) is 0.444. The van der Waals surface area contributed by atoms with Gasteiger partial charge in [0.1, 0.15) is 0 Å². The Labute approximate surface area is 53.4 Å². The van der Waals surface area contributed by atoms with Crippen LogP contribution in [0.5, 0.6) is 0 Å². The summed E-state index contributed by atoms with van der Waals surface area (Å²) in [4.78, 5) is 0. The van der Waals surface area contributed by atoms with Crippen molar-refractivity contribution in [3.8, 4) is 0 Å². The van der Waals surface area contributed by atoms with Crippen molar-refractivity contribution in [2.75, 3.05) is 0 Å². The Morgan fingerprint density at radius 1 is 1.14 bits per heavy atom. The summed E-state index contributed by atoms with van der Waals surface area (Å²) < 4.78 is 1.47. The van der Waals surface area contributed by atoms with Gasteiger partial charge < -0.3 is 0 Å². The van der Waals surface area contributed by atoms with E-state index in [0.29, 0.717) is 0 Å². The van der Waals surface area contributed by atoms with Gasteiger partial charge in [-0.05, 0) is 12.1 Å². The van der Waals surface area contributed by atoms with Gasteiger partial charge in [-0.2, -0.15) is 0 Å². The maximum Gasteiger partial charge on any atom is 0.0213 e. The third kappa shape index (κ3) is 1.86. The van der Waals surface area contributed by atoms with Crippen LogP contribution in [0.2, 0.25) is 0 Å². The molecule has 1 nitrogen and oxygen atoms in total. The minimum Gasteiger partial charge on any atom is -0.268 e. The van der Waals surface area contributed by atoms with Gasteiger partial charge in [0.05, 0.1) is 0 Å². The molecule has 0 bridgehead atoms. The van der Waals surface area contributed by atoms with Crippen molar-refractivity contribution in [3.63, 3.8) is 0 Å². The molecule has 0 aliphatic heterocycles. The van der Waals surface area contributed by atoms with Crippen LogP contribution in [0.25, 0.3) is 0 Å². The molecule has 3 heteroatoms. The van der Waals surface area contributed by atoms with Crippen LogP contribution in [0.4, 0.5) is 0 Å². The molecule has 1 aromatic heterocycles. The van der Waals surface area contributed by atoms with Gasteiger partial charge in [-0.3, -0.25) is 4.09 Å². The summed E-state index contributed by atoms with van der Waals surface area (Å²) in [7, 11) is 0. The second-order valence-corrected chi connectivity index (χ2v) is 1.42. The van der Waals surface area contributed by atoms with Crippen LogP contribution in [-0.4, -0.2) is 4.09 Å². The van der Waals surface area contributed by atoms with Gasteiger partial charge in [-0.25, -0.2) is 0 Å².